The van der Waals surface area contributed by atoms with Gasteiger partial charge in [-0.15, -0.1) is 0 Å². The molecule has 2 nitrogen and oxygen atoms in total. The summed E-state index contributed by atoms with van der Waals surface area (Å²) in [6, 6.07) is 10.8. The molecule has 0 spiro atoms. The van der Waals surface area contributed by atoms with Gasteiger partial charge in [0.2, 0.25) is 6.17 Å². The van der Waals surface area contributed by atoms with Crippen LogP contribution in [0.25, 0.3) is 0 Å². The summed E-state index contributed by atoms with van der Waals surface area (Å²) >= 11 is 0. The molecule has 0 radical (unpaired) electrons. The van der Waals surface area contributed by atoms with E-state index in [1.807, 2.05) is 12.4 Å². The van der Waals surface area contributed by atoms with E-state index in [4.69, 9.17) is 0 Å². The van der Waals surface area contributed by atoms with E-state index in [2.05, 4.69) is 54.2 Å². The van der Waals surface area contributed by atoms with E-state index in [1.165, 1.54) is 37.7 Å². The molecule has 2 rings (SSSR count). The normalized spacial score (nSPS) is 16.4. The average molecular weight is 283 g/mol. The van der Waals surface area contributed by atoms with Gasteiger partial charge in [0.05, 0.1) is 5.92 Å². The highest BCUT2D eigenvalue weighted by Gasteiger charge is 2.34. The number of unbranched alkanes of at least 4 members (excludes halogenated alkanes) is 2. The van der Waals surface area contributed by atoms with Gasteiger partial charge in [0.1, 0.15) is 0 Å². The van der Waals surface area contributed by atoms with E-state index in [1.54, 1.807) is 0 Å². The molecule has 1 heterocycles. The monoisotopic (exact) mass is 283 g/mol. The molecule has 1 aliphatic heterocycles. The summed E-state index contributed by atoms with van der Waals surface area (Å²) in [7, 11) is 0. The van der Waals surface area contributed by atoms with Crippen LogP contribution in [0, 0.1) is 18.0 Å². The lowest BCUT2D eigenvalue weighted by molar-refractivity contribution is 0.301. The molecule has 112 valence electrons. The number of nitrogens with zero attached hydrogens (tertiary/aromatic N) is 2. The standard InChI is InChI=1S/C19H27N2/c1-3-5-7-12-18(19-20-13-14-21-19)17(4-2)15-16-10-8-6-9-11-16/h6,8-11,13-14,17-18H,3-5,7,12,15H2,1-2H3/q+1. The molecule has 0 saturated heterocycles. The summed E-state index contributed by atoms with van der Waals surface area (Å²) < 4.78 is 0. The summed E-state index contributed by atoms with van der Waals surface area (Å²) in [5.41, 5.74) is 1.43. The zero-order valence-electron chi connectivity index (χ0n) is 13.3. The highest BCUT2D eigenvalue weighted by Crippen LogP contribution is 2.35. The zero-order chi connectivity index (χ0) is 14.9. The molecule has 1 aliphatic rings. The Bertz CT molecular complexity index is 438. The lowest BCUT2D eigenvalue weighted by atomic mass is 9.80. The fraction of sp³-hybridized carbons (Fsp3) is 0.526. The molecule has 0 N–H and O–H groups in total. The van der Waals surface area contributed by atoms with Crippen molar-refractivity contribution in [2.75, 3.05) is 0 Å². The van der Waals surface area contributed by atoms with Gasteiger partial charge >= 0.3 is 0 Å². The Morgan fingerprint density at radius 2 is 1.71 bits per heavy atom. The van der Waals surface area contributed by atoms with Gasteiger partial charge in [-0.25, -0.2) is 0 Å². The van der Waals surface area contributed by atoms with Crippen LogP contribution in [-0.2, 0) is 6.42 Å². The van der Waals surface area contributed by atoms with Crippen LogP contribution in [0.5, 0.6) is 0 Å². The van der Waals surface area contributed by atoms with Crippen molar-refractivity contribution in [1.29, 1.82) is 0 Å². The summed E-state index contributed by atoms with van der Waals surface area (Å²) in [6.07, 6.45) is 12.1. The van der Waals surface area contributed by atoms with Gasteiger partial charge < -0.3 is 0 Å². The van der Waals surface area contributed by atoms with Crippen LogP contribution in [0.2, 0.25) is 0 Å². The molecule has 1 aromatic rings. The van der Waals surface area contributed by atoms with Crippen molar-refractivity contribution >= 4 is 12.4 Å². The van der Waals surface area contributed by atoms with Crippen molar-refractivity contribution in [1.82, 2.24) is 0 Å². The van der Waals surface area contributed by atoms with Crippen LogP contribution in [0.4, 0.5) is 0 Å². The highest BCUT2D eigenvalue weighted by atomic mass is 15.0. The van der Waals surface area contributed by atoms with Crippen molar-refractivity contribution in [2.24, 2.45) is 21.8 Å². The maximum atomic E-state index is 4.49. The van der Waals surface area contributed by atoms with E-state index in [0.717, 1.165) is 12.6 Å². The quantitative estimate of drug-likeness (QED) is 0.445. The minimum Gasteiger partial charge on any atom is -0.0965 e. The predicted octanol–water partition coefficient (Wildman–Crippen LogP) is 5.10. The van der Waals surface area contributed by atoms with E-state index in [-0.39, 0.29) is 0 Å². The first-order valence-corrected chi connectivity index (χ1v) is 8.32. The van der Waals surface area contributed by atoms with Crippen LogP contribution in [0.15, 0.2) is 40.3 Å². The smallest absolute Gasteiger partial charge is 0.0965 e. The highest BCUT2D eigenvalue weighted by molar-refractivity contribution is 6.18. The summed E-state index contributed by atoms with van der Waals surface area (Å²) in [5, 5.41) is 0. The summed E-state index contributed by atoms with van der Waals surface area (Å²) in [4.78, 5) is 8.99. The largest absolute Gasteiger partial charge is 0.244 e. The zero-order valence-corrected chi connectivity index (χ0v) is 13.3. The Labute approximate surface area is 129 Å². The minimum atomic E-state index is 0.497. The minimum absolute atomic E-state index is 0.497. The summed E-state index contributed by atoms with van der Waals surface area (Å²) in [6.45, 7) is 4.55. The van der Waals surface area contributed by atoms with Crippen molar-refractivity contribution in [3.63, 3.8) is 0 Å². The third-order valence-electron chi connectivity index (χ3n) is 4.36. The van der Waals surface area contributed by atoms with Crippen LogP contribution in [0.1, 0.15) is 51.5 Å². The van der Waals surface area contributed by atoms with Gasteiger partial charge in [0.25, 0.3) is 0 Å². The molecular weight excluding hydrogens is 256 g/mol. The third-order valence-corrected chi connectivity index (χ3v) is 4.36. The molecule has 0 saturated carbocycles. The molecule has 2 atom stereocenters. The first-order valence-electron chi connectivity index (χ1n) is 8.32. The van der Waals surface area contributed by atoms with Gasteiger partial charge in [-0.1, -0.05) is 79.8 Å². The first kappa shape index (κ1) is 15.8. The number of rotatable bonds is 9. The van der Waals surface area contributed by atoms with E-state index in [9.17, 15) is 0 Å². The molecule has 2 unspecified atom stereocenters. The molecule has 0 fully saturated rings. The molecular formula is C19H27N2+. The van der Waals surface area contributed by atoms with Gasteiger partial charge in [0, 0.05) is 0 Å². The Morgan fingerprint density at radius 1 is 1.00 bits per heavy atom. The molecule has 0 aromatic heterocycles. The first-order chi connectivity index (χ1) is 10.3. The Kier molecular flexibility index (Phi) is 6.52. The topological polar surface area (TPSA) is 24.7 Å². The second-order valence-electron chi connectivity index (χ2n) is 5.87. The second kappa shape index (κ2) is 8.66. The fourth-order valence-corrected chi connectivity index (χ4v) is 3.12. The number of benzene rings is 1. The maximum absolute atomic E-state index is 4.49. The Morgan fingerprint density at radius 3 is 2.33 bits per heavy atom. The van der Waals surface area contributed by atoms with Crippen LogP contribution in [-0.4, -0.2) is 12.4 Å². The molecule has 0 aliphatic carbocycles. The van der Waals surface area contributed by atoms with Crippen LogP contribution >= 0.6 is 0 Å². The van der Waals surface area contributed by atoms with Crippen molar-refractivity contribution in [3.8, 4) is 0 Å². The number of aliphatic imine (C=N–C) groups is 2. The second-order valence-corrected chi connectivity index (χ2v) is 5.87. The molecule has 0 bridgehead atoms. The van der Waals surface area contributed by atoms with Crippen LogP contribution in [0.3, 0.4) is 0 Å². The fourth-order valence-electron chi connectivity index (χ4n) is 3.12. The van der Waals surface area contributed by atoms with E-state index < -0.39 is 0 Å². The Balaban J connectivity index is 2.04. The van der Waals surface area contributed by atoms with E-state index >= 15 is 0 Å². The lowest BCUT2D eigenvalue weighted by Crippen LogP contribution is -2.21. The molecule has 2 heteroatoms. The molecule has 21 heavy (non-hydrogen) atoms. The Hall–Kier alpha value is -1.57. The van der Waals surface area contributed by atoms with Gasteiger partial charge in [-0.3, -0.25) is 0 Å². The van der Waals surface area contributed by atoms with Gasteiger partial charge in [0.15, 0.2) is 12.4 Å². The average Bonchev–Trinajstić information content (AvgIpc) is 3.05. The third kappa shape index (κ3) is 4.73. The maximum Gasteiger partial charge on any atom is 0.244 e. The van der Waals surface area contributed by atoms with Gasteiger partial charge in [-0.05, 0) is 24.3 Å². The molecule has 1 aromatic carbocycles. The van der Waals surface area contributed by atoms with Crippen molar-refractivity contribution < 1.29 is 0 Å². The summed E-state index contributed by atoms with van der Waals surface area (Å²) in [5.74, 6) is 1.13. The molecule has 0 amide bonds. The van der Waals surface area contributed by atoms with Gasteiger partial charge in [-0.2, -0.15) is 0 Å². The van der Waals surface area contributed by atoms with E-state index in [0.29, 0.717) is 11.8 Å². The predicted molar refractivity (Wildman–Crippen MR) is 91.8 cm³/mol. The van der Waals surface area contributed by atoms with Crippen molar-refractivity contribution in [2.45, 2.75) is 52.4 Å². The SMILES string of the molecule is CCCCCC([C+]1N=CC=N1)C(CC)Cc1ccccc1. The van der Waals surface area contributed by atoms with Crippen LogP contribution < -0.4 is 0 Å². The van der Waals surface area contributed by atoms with Crippen molar-refractivity contribution in [3.05, 3.63) is 42.1 Å². The number of hydrogen-bond donors (Lipinski definition) is 0. The number of hydrogen-bond acceptors (Lipinski definition) is 2. The lowest BCUT2D eigenvalue weighted by Gasteiger charge is -2.24.